The van der Waals surface area contributed by atoms with Crippen molar-refractivity contribution < 1.29 is 9.53 Å². The highest BCUT2D eigenvalue weighted by Gasteiger charge is 2.36. The molecule has 1 aliphatic heterocycles. The van der Waals surface area contributed by atoms with Crippen LogP contribution in [-0.2, 0) is 11.4 Å². The molecule has 1 unspecified atom stereocenters. The number of aromatic nitrogens is 4. The van der Waals surface area contributed by atoms with Crippen molar-refractivity contribution in [2.24, 2.45) is 0 Å². The zero-order valence-electron chi connectivity index (χ0n) is 20.1. The first-order valence-corrected chi connectivity index (χ1v) is 12.3. The second-order valence-corrected chi connectivity index (χ2v) is 9.71. The van der Waals surface area contributed by atoms with Gasteiger partial charge in [0.1, 0.15) is 18.4 Å². The zero-order valence-corrected chi connectivity index (χ0v) is 21.7. The van der Waals surface area contributed by atoms with Gasteiger partial charge in [0.15, 0.2) is 0 Å². The van der Waals surface area contributed by atoms with E-state index in [0.29, 0.717) is 35.3 Å². The lowest BCUT2D eigenvalue weighted by Crippen LogP contribution is -2.31. The smallest absolute Gasteiger partial charge is 0.255 e. The van der Waals surface area contributed by atoms with Crippen molar-refractivity contribution in [1.29, 1.82) is 0 Å². The number of carbonyl (C=O) groups excluding carboxylic acids is 1. The molecule has 8 nitrogen and oxygen atoms in total. The Morgan fingerprint density at radius 3 is 2.44 bits per heavy atom. The van der Waals surface area contributed by atoms with Crippen LogP contribution in [0.5, 0.6) is 5.75 Å². The van der Waals surface area contributed by atoms with Gasteiger partial charge in [0.05, 0.1) is 5.57 Å². The number of allylic oxidation sites excluding steroid dienone is 1. The number of hydrogen-bond acceptors (Lipinski definition) is 6. The lowest BCUT2D eigenvalue weighted by molar-refractivity contribution is -0.113. The van der Waals surface area contributed by atoms with Crippen LogP contribution in [0.1, 0.15) is 35.2 Å². The minimum absolute atomic E-state index is 0.250. The number of tetrazole rings is 1. The van der Waals surface area contributed by atoms with Crippen LogP contribution in [0.2, 0.25) is 0 Å². The Morgan fingerprint density at radius 1 is 1.03 bits per heavy atom. The molecule has 0 saturated heterocycles. The second-order valence-electron chi connectivity index (χ2n) is 8.79. The van der Waals surface area contributed by atoms with Gasteiger partial charge in [-0.25, -0.2) is 0 Å². The highest BCUT2D eigenvalue weighted by Crippen LogP contribution is 2.40. The molecule has 0 bridgehead atoms. The number of hydrogen-bond donors (Lipinski definition) is 2. The molecule has 0 radical (unpaired) electrons. The Kier molecular flexibility index (Phi) is 6.56. The minimum atomic E-state index is -0.604. The lowest BCUT2D eigenvalue weighted by atomic mass is 9.94. The van der Waals surface area contributed by atoms with E-state index in [1.165, 1.54) is 5.56 Å². The predicted molar refractivity (Wildman–Crippen MR) is 142 cm³/mol. The number of amides is 1. The first kappa shape index (κ1) is 23.7. The molecule has 36 heavy (non-hydrogen) atoms. The van der Waals surface area contributed by atoms with E-state index < -0.39 is 6.04 Å². The predicted octanol–water partition coefficient (Wildman–Crippen LogP) is 5.56. The summed E-state index contributed by atoms with van der Waals surface area (Å²) < 4.78 is 8.74. The summed E-state index contributed by atoms with van der Waals surface area (Å²) >= 11 is 3.58. The SMILES string of the molecule is CC1=C(C(=O)Nc2ccc(C)cc2)C(c2cc(Br)ccc2OCc2ccc(C)cc2)n2nnnc2N1. The van der Waals surface area contributed by atoms with Crippen molar-refractivity contribution in [3.8, 4) is 5.75 Å². The van der Waals surface area contributed by atoms with Crippen molar-refractivity contribution >= 4 is 33.5 Å². The molecule has 2 heterocycles. The molecule has 0 fully saturated rings. The largest absolute Gasteiger partial charge is 0.489 e. The third kappa shape index (κ3) is 4.87. The van der Waals surface area contributed by atoms with Crippen LogP contribution in [0.4, 0.5) is 11.6 Å². The van der Waals surface area contributed by atoms with Gasteiger partial charge in [-0.2, -0.15) is 4.68 Å². The molecule has 1 atom stereocenters. The number of anilines is 2. The Balaban J connectivity index is 1.53. The van der Waals surface area contributed by atoms with Crippen LogP contribution in [0.15, 0.2) is 82.5 Å². The summed E-state index contributed by atoms with van der Waals surface area (Å²) in [6.07, 6.45) is 0. The van der Waals surface area contributed by atoms with Crippen LogP contribution in [0.3, 0.4) is 0 Å². The summed E-state index contributed by atoms with van der Waals surface area (Å²) in [7, 11) is 0. The Bertz CT molecular complexity index is 1440. The van der Waals surface area contributed by atoms with E-state index in [0.717, 1.165) is 21.2 Å². The summed E-state index contributed by atoms with van der Waals surface area (Å²) in [6.45, 7) is 6.29. The maximum atomic E-state index is 13.6. The molecule has 0 aliphatic carbocycles. The number of fused-ring (bicyclic) bond motifs is 1. The number of aryl methyl sites for hydroxylation is 2. The maximum Gasteiger partial charge on any atom is 0.255 e. The molecule has 9 heteroatoms. The van der Waals surface area contributed by atoms with Crippen molar-refractivity contribution in [1.82, 2.24) is 20.2 Å². The third-order valence-corrected chi connectivity index (χ3v) is 6.54. The van der Waals surface area contributed by atoms with E-state index >= 15 is 0 Å². The molecule has 1 aromatic heterocycles. The molecule has 182 valence electrons. The number of nitrogens with one attached hydrogen (secondary N) is 2. The first-order chi connectivity index (χ1) is 17.4. The molecule has 0 spiro atoms. The highest BCUT2D eigenvalue weighted by atomic mass is 79.9. The minimum Gasteiger partial charge on any atom is -0.489 e. The Morgan fingerprint density at radius 2 is 1.72 bits per heavy atom. The van der Waals surface area contributed by atoms with Crippen LogP contribution in [0.25, 0.3) is 0 Å². The Hall–Kier alpha value is -3.98. The number of ether oxygens (including phenoxy) is 1. The van der Waals surface area contributed by atoms with Gasteiger partial charge in [-0.05, 0) is 67.1 Å². The van der Waals surface area contributed by atoms with E-state index in [2.05, 4.69) is 61.1 Å². The Labute approximate surface area is 217 Å². The average molecular weight is 545 g/mol. The van der Waals surface area contributed by atoms with E-state index in [9.17, 15) is 4.79 Å². The summed E-state index contributed by atoms with van der Waals surface area (Å²) in [6, 6.07) is 21.0. The molecule has 1 amide bonds. The second kappa shape index (κ2) is 9.94. The van der Waals surface area contributed by atoms with E-state index in [4.69, 9.17) is 4.74 Å². The van der Waals surface area contributed by atoms with Crippen LogP contribution in [-0.4, -0.2) is 26.1 Å². The lowest BCUT2D eigenvalue weighted by Gasteiger charge is -2.29. The fourth-order valence-electron chi connectivity index (χ4n) is 4.14. The summed E-state index contributed by atoms with van der Waals surface area (Å²) in [4.78, 5) is 13.6. The number of halogens is 1. The van der Waals surface area contributed by atoms with Gasteiger partial charge in [0.25, 0.3) is 5.91 Å². The van der Waals surface area contributed by atoms with Gasteiger partial charge >= 0.3 is 0 Å². The molecule has 3 aromatic carbocycles. The summed E-state index contributed by atoms with van der Waals surface area (Å²) in [5.41, 5.74) is 5.98. The van der Waals surface area contributed by atoms with Crippen LogP contribution >= 0.6 is 15.9 Å². The van der Waals surface area contributed by atoms with Gasteiger partial charge in [0.2, 0.25) is 5.95 Å². The van der Waals surface area contributed by atoms with Gasteiger partial charge in [-0.3, -0.25) is 4.79 Å². The van der Waals surface area contributed by atoms with Crippen LogP contribution in [0, 0.1) is 13.8 Å². The highest BCUT2D eigenvalue weighted by molar-refractivity contribution is 9.10. The molecule has 1 aliphatic rings. The van der Waals surface area contributed by atoms with Crippen molar-refractivity contribution in [2.45, 2.75) is 33.4 Å². The van der Waals surface area contributed by atoms with Gasteiger partial charge < -0.3 is 15.4 Å². The van der Waals surface area contributed by atoms with E-state index in [1.807, 2.05) is 68.4 Å². The number of benzene rings is 3. The fraction of sp³-hybridized carbons (Fsp3) is 0.185. The topological polar surface area (TPSA) is 94.0 Å². The number of rotatable bonds is 6. The van der Waals surface area contributed by atoms with Crippen LogP contribution < -0.4 is 15.4 Å². The normalized spacial score (nSPS) is 14.7. The van der Waals surface area contributed by atoms with Crippen molar-refractivity contribution in [3.63, 3.8) is 0 Å². The van der Waals surface area contributed by atoms with E-state index in [-0.39, 0.29) is 5.91 Å². The average Bonchev–Trinajstić information content (AvgIpc) is 3.33. The molecule has 5 rings (SSSR count). The van der Waals surface area contributed by atoms with Gasteiger partial charge in [0, 0.05) is 21.4 Å². The standard InChI is InChI=1S/C27H25BrN6O2/c1-16-4-8-19(9-5-16)15-36-23-13-10-20(28)14-22(23)25-24(18(3)29-27-31-32-33-34(25)27)26(35)30-21-11-6-17(2)7-12-21/h4-14,25H,15H2,1-3H3,(H,30,35)(H,29,31,33). The molecule has 4 aromatic rings. The van der Waals surface area contributed by atoms with Gasteiger partial charge in [-0.15, -0.1) is 0 Å². The molecular weight excluding hydrogens is 520 g/mol. The zero-order chi connectivity index (χ0) is 25.2. The van der Waals surface area contributed by atoms with E-state index in [1.54, 1.807) is 4.68 Å². The third-order valence-electron chi connectivity index (χ3n) is 6.05. The maximum absolute atomic E-state index is 13.6. The summed E-state index contributed by atoms with van der Waals surface area (Å²) in [5.74, 6) is 0.842. The number of carbonyl (C=O) groups is 1. The summed E-state index contributed by atoms with van der Waals surface area (Å²) in [5, 5.41) is 18.3. The van der Waals surface area contributed by atoms with Crippen molar-refractivity contribution in [2.75, 3.05) is 10.6 Å². The molecule has 0 saturated carbocycles. The molecular formula is C27H25BrN6O2. The monoisotopic (exact) mass is 544 g/mol. The fourth-order valence-corrected chi connectivity index (χ4v) is 4.52. The molecule has 2 N–H and O–H groups in total. The number of nitrogens with zero attached hydrogens (tertiary/aromatic N) is 4. The first-order valence-electron chi connectivity index (χ1n) is 11.5. The van der Waals surface area contributed by atoms with Crippen molar-refractivity contribution in [3.05, 3.63) is 105 Å². The van der Waals surface area contributed by atoms with Gasteiger partial charge in [-0.1, -0.05) is 68.6 Å². The quantitative estimate of drug-likeness (QED) is 0.330.